The third kappa shape index (κ3) is 4.82. The molecule has 0 fully saturated rings. The number of rotatable bonds is 6. The minimum atomic E-state index is -0.271. The van der Waals surface area contributed by atoms with Crippen LogP contribution in [0, 0.1) is 0 Å². The monoisotopic (exact) mass is 384 g/mol. The number of nitrogens with zero attached hydrogens (tertiary/aromatic N) is 1. The third-order valence-electron chi connectivity index (χ3n) is 4.42. The van der Waals surface area contributed by atoms with Crippen LogP contribution in [-0.4, -0.2) is 32.9 Å². The molecule has 0 unspecified atom stereocenters. The van der Waals surface area contributed by atoms with Crippen LogP contribution in [0.5, 0.6) is 17.2 Å². The number of benzene rings is 2. The van der Waals surface area contributed by atoms with E-state index in [1.807, 2.05) is 12.1 Å². The quantitative estimate of drug-likeness (QED) is 0.600. The largest absolute Gasteiger partial charge is 0.493 e. The predicted octanol–water partition coefficient (Wildman–Crippen LogP) is 4.16. The summed E-state index contributed by atoms with van der Waals surface area (Å²) in [5, 5.41) is 4.21. The van der Waals surface area contributed by atoms with Crippen molar-refractivity contribution in [2.45, 2.75) is 33.1 Å². The van der Waals surface area contributed by atoms with Gasteiger partial charge >= 0.3 is 0 Å². The number of carbonyl (C=O) groups excluding carboxylic acids is 1. The highest BCUT2D eigenvalue weighted by molar-refractivity contribution is 6.01. The van der Waals surface area contributed by atoms with E-state index < -0.39 is 0 Å². The Hall–Kier alpha value is -3.02. The Kier molecular flexibility index (Phi) is 6.67. The normalized spacial score (nSPS) is 11.8. The van der Waals surface area contributed by atoms with E-state index in [9.17, 15) is 4.79 Å². The van der Waals surface area contributed by atoms with Gasteiger partial charge in [0.15, 0.2) is 11.5 Å². The van der Waals surface area contributed by atoms with Crippen LogP contribution in [-0.2, 0) is 5.41 Å². The van der Waals surface area contributed by atoms with Crippen molar-refractivity contribution in [3.05, 3.63) is 53.1 Å². The van der Waals surface area contributed by atoms with E-state index in [0.717, 1.165) is 5.56 Å². The molecule has 0 aliphatic heterocycles. The number of hydrazone groups is 1. The second kappa shape index (κ2) is 8.78. The smallest absolute Gasteiger partial charge is 0.271 e. The lowest BCUT2D eigenvalue weighted by Crippen LogP contribution is -2.20. The number of nitrogens with one attached hydrogen (secondary N) is 1. The first-order chi connectivity index (χ1) is 13.2. The molecule has 150 valence electrons. The van der Waals surface area contributed by atoms with Crippen LogP contribution in [0.4, 0.5) is 0 Å². The standard InChI is InChI=1S/C22H28N2O4/c1-14(16-12-18(26-5)20(28-7)19(13-16)27-6)23-24-21(25)15-8-10-17(11-9-15)22(2,3)4/h8-13H,1-7H3,(H,24,25). The fourth-order valence-corrected chi connectivity index (χ4v) is 2.68. The Balaban J connectivity index is 2.21. The van der Waals surface area contributed by atoms with Crippen LogP contribution >= 0.6 is 0 Å². The van der Waals surface area contributed by atoms with Crippen LogP contribution in [0.1, 0.15) is 49.2 Å². The van der Waals surface area contributed by atoms with Crippen molar-refractivity contribution in [3.8, 4) is 17.2 Å². The lowest BCUT2D eigenvalue weighted by atomic mass is 9.87. The number of carbonyl (C=O) groups is 1. The first-order valence-corrected chi connectivity index (χ1v) is 8.96. The summed E-state index contributed by atoms with van der Waals surface area (Å²) in [5.74, 6) is 1.28. The summed E-state index contributed by atoms with van der Waals surface area (Å²) < 4.78 is 16.0. The van der Waals surface area contributed by atoms with E-state index in [4.69, 9.17) is 14.2 Å². The molecule has 0 spiro atoms. The van der Waals surface area contributed by atoms with Crippen LogP contribution < -0.4 is 19.6 Å². The molecule has 1 amide bonds. The maximum atomic E-state index is 12.4. The molecule has 2 aromatic carbocycles. The molecule has 0 bridgehead atoms. The Morgan fingerprint density at radius 2 is 1.43 bits per heavy atom. The van der Waals surface area contributed by atoms with Crippen LogP contribution in [0.2, 0.25) is 0 Å². The van der Waals surface area contributed by atoms with Crippen LogP contribution in [0.15, 0.2) is 41.5 Å². The lowest BCUT2D eigenvalue weighted by Gasteiger charge is -2.18. The van der Waals surface area contributed by atoms with E-state index >= 15 is 0 Å². The number of hydrogen-bond acceptors (Lipinski definition) is 5. The maximum absolute atomic E-state index is 12.4. The van der Waals surface area contributed by atoms with E-state index in [1.165, 1.54) is 5.56 Å². The van der Waals surface area contributed by atoms with Crippen LogP contribution in [0.25, 0.3) is 0 Å². The first kappa shape index (κ1) is 21.3. The SMILES string of the molecule is COc1cc(C(C)=NNC(=O)c2ccc(C(C)(C)C)cc2)cc(OC)c1OC. The Labute approximate surface area is 166 Å². The molecule has 28 heavy (non-hydrogen) atoms. The molecule has 0 radical (unpaired) electrons. The van der Waals surface area contributed by atoms with Gasteiger partial charge in [-0.15, -0.1) is 0 Å². The lowest BCUT2D eigenvalue weighted by molar-refractivity contribution is 0.0955. The number of hydrogen-bond donors (Lipinski definition) is 1. The van der Waals surface area contributed by atoms with E-state index in [2.05, 4.69) is 31.3 Å². The Morgan fingerprint density at radius 1 is 0.893 bits per heavy atom. The minimum Gasteiger partial charge on any atom is -0.493 e. The highest BCUT2D eigenvalue weighted by Crippen LogP contribution is 2.38. The summed E-state index contributed by atoms with van der Waals surface area (Å²) in [6, 6.07) is 11.1. The van der Waals surface area contributed by atoms with Crippen molar-refractivity contribution in [3.63, 3.8) is 0 Å². The summed E-state index contributed by atoms with van der Waals surface area (Å²) in [4.78, 5) is 12.4. The molecule has 0 aliphatic rings. The minimum absolute atomic E-state index is 0.0379. The Bertz CT molecular complexity index is 840. The molecule has 0 heterocycles. The third-order valence-corrected chi connectivity index (χ3v) is 4.42. The van der Waals surface area contributed by atoms with Gasteiger partial charge in [-0.1, -0.05) is 32.9 Å². The average molecular weight is 384 g/mol. The van der Waals surface area contributed by atoms with Crippen molar-refractivity contribution in [2.75, 3.05) is 21.3 Å². The summed E-state index contributed by atoms with van der Waals surface area (Å²) >= 11 is 0. The van der Waals surface area contributed by atoms with Crippen molar-refractivity contribution in [2.24, 2.45) is 5.10 Å². The van der Waals surface area contributed by atoms with Gasteiger partial charge < -0.3 is 14.2 Å². The van der Waals surface area contributed by atoms with Gasteiger partial charge in [-0.25, -0.2) is 5.43 Å². The van der Waals surface area contributed by atoms with Crippen molar-refractivity contribution in [1.29, 1.82) is 0 Å². The van der Waals surface area contributed by atoms with Crippen molar-refractivity contribution < 1.29 is 19.0 Å². The van der Waals surface area contributed by atoms with Gasteiger partial charge in [-0.2, -0.15) is 5.10 Å². The molecule has 2 aromatic rings. The molecule has 0 saturated carbocycles. The zero-order valence-corrected chi connectivity index (χ0v) is 17.5. The summed E-state index contributed by atoms with van der Waals surface area (Å²) in [6.07, 6.45) is 0. The van der Waals surface area contributed by atoms with Gasteiger partial charge in [0.25, 0.3) is 5.91 Å². The van der Waals surface area contributed by atoms with Gasteiger partial charge in [-0.3, -0.25) is 4.79 Å². The predicted molar refractivity (Wildman–Crippen MR) is 111 cm³/mol. The zero-order valence-electron chi connectivity index (χ0n) is 17.5. The van der Waals surface area contributed by atoms with Gasteiger partial charge in [0.05, 0.1) is 27.0 Å². The van der Waals surface area contributed by atoms with E-state index in [-0.39, 0.29) is 11.3 Å². The fraction of sp³-hybridized carbons (Fsp3) is 0.364. The molecule has 0 saturated heterocycles. The molecule has 0 aliphatic carbocycles. The van der Waals surface area contributed by atoms with E-state index in [1.54, 1.807) is 52.5 Å². The Morgan fingerprint density at radius 3 is 1.86 bits per heavy atom. The summed E-state index contributed by atoms with van der Waals surface area (Å²) in [5.41, 5.74) is 5.71. The fourth-order valence-electron chi connectivity index (χ4n) is 2.68. The number of amides is 1. The maximum Gasteiger partial charge on any atom is 0.271 e. The van der Waals surface area contributed by atoms with Crippen LogP contribution in [0.3, 0.4) is 0 Å². The van der Waals surface area contributed by atoms with Gasteiger partial charge in [0, 0.05) is 11.1 Å². The van der Waals surface area contributed by atoms with Gasteiger partial charge in [0.1, 0.15) is 0 Å². The molecule has 6 heteroatoms. The molecular weight excluding hydrogens is 356 g/mol. The zero-order chi connectivity index (χ0) is 20.9. The van der Waals surface area contributed by atoms with Gasteiger partial charge in [-0.05, 0) is 42.2 Å². The second-order valence-electron chi connectivity index (χ2n) is 7.38. The summed E-state index contributed by atoms with van der Waals surface area (Å²) in [7, 11) is 4.65. The molecule has 1 N–H and O–H groups in total. The van der Waals surface area contributed by atoms with Crippen molar-refractivity contribution >= 4 is 11.6 Å². The molecule has 2 rings (SSSR count). The molecule has 0 atom stereocenters. The molecule has 0 aromatic heterocycles. The number of methoxy groups -OCH3 is 3. The summed E-state index contributed by atoms with van der Waals surface area (Å²) in [6.45, 7) is 8.19. The molecular formula is C22H28N2O4. The average Bonchev–Trinajstić information content (AvgIpc) is 2.69. The van der Waals surface area contributed by atoms with E-state index in [0.29, 0.717) is 28.5 Å². The number of ether oxygens (including phenoxy) is 3. The highest BCUT2D eigenvalue weighted by atomic mass is 16.5. The topological polar surface area (TPSA) is 69.2 Å². The first-order valence-electron chi connectivity index (χ1n) is 8.96. The van der Waals surface area contributed by atoms with Crippen molar-refractivity contribution in [1.82, 2.24) is 5.43 Å². The van der Waals surface area contributed by atoms with Gasteiger partial charge in [0.2, 0.25) is 5.75 Å². The second-order valence-corrected chi connectivity index (χ2v) is 7.38. The molecule has 6 nitrogen and oxygen atoms in total. The highest BCUT2D eigenvalue weighted by Gasteiger charge is 2.16.